The number of esters is 1. The summed E-state index contributed by atoms with van der Waals surface area (Å²) < 4.78 is 4.61. The van der Waals surface area contributed by atoms with E-state index in [2.05, 4.69) is 10.8 Å². The number of hydrogen-bond donors (Lipinski definition) is 2. The van der Waals surface area contributed by atoms with Crippen molar-refractivity contribution < 1.29 is 24.5 Å². The van der Waals surface area contributed by atoms with E-state index in [1.807, 2.05) is 36.5 Å². The van der Waals surface area contributed by atoms with Gasteiger partial charge in [0, 0.05) is 24.7 Å². The van der Waals surface area contributed by atoms with Gasteiger partial charge in [-0.25, -0.2) is 0 Å². The molecule has 0 aromatic heterocycles. The van der Waals surface area contributed by atoms with Crippen molar-refractivity contribution in [3.05, 3.63) is 48.1 Å². The van der Waals surface area contributed by atoms with Crippen molar-refractivity contribution in [1.82, 2.24) is 0 Å². The van der Waals surface area contributed by atoms with Gasteiger partial charge in [0.1, 0.15) is 5.78 Å². The van der Waals surface area contributed by atoms with Crippen LogP contribution >= 0.6 is 0 Å². The zero-order chi connectivity index (χ0) is 22.0. The fourth-order valence-electron chi connectivity index (χ4n) is 4.02. The molecule has 5 heteroatoms. The van der Waals surface area contributed by atoms with Crippen LogP contribution in [0.4, 0.5) is 0 Å². The first-order valence-corrected chi connectivity index (χ1v) is 11.0. The fraction of sp³-hybridized carbons (Fsp3) is 0.600. The number of ketones is 1. The lowest BCUT2D eigenvalue weighted by molar-refractivity contribution is -0.140. The molecule has 166 valence electrons. The molecule has 4 atom stereocenters. The Kier molecular flexibility index (Phi) is 9.73. The van der Waals surface area contributed by atoms with Crippen LogP contribution in [0.3, 0.4) is 0 Å². The minimum Gasteiger partial charge on any atom is -0.469 e. The van der Waals surface area contributed by atoms with Crippen molar-refractivity contribution in [2.75, 3.05) is 7.11 Å². The van der Waals surface area contributed by atoms with Gasteiger partial charge in [-0.1, -0.05) is 48.1 Å². The smallest absolute Gasteiger partial charge is 0.305 e. The molecular weight excluding hydrogens is 380 g/mol. The van der Waals surface area contributed by atoms with Crippen LogP contribution in [0.25, 0.3) is 0 Å². The van der Waals surface area contributed by atoms with Crippen LogP contribution in [0.2, 0.25) is 0 Å². The molecule has 0 aliphatic heterocycles. The maximum atomic E-state index is 12.3. The molecular formula is C25H36O5. The Hall–Kier alpha value is -1.98. The number of carbonyl (C=O) groups is 2. The molecule has 4 unspecified atom stereocenters. The number of aliphatic hydroxyl groups is 2. The number of ether oxygens (including phenoxy) is 1. The Morgan fingerprint density at radius 1 is 1.33 bits per heavy atom. The van der Waals surface area contributed by atoms with E-state index in [1.165, 1.54) is 19.1 Å². The van der Waals surface area contributed by atoms with Crippen LogP contribution in [0.1, 0.15) is 64.7 Å². The van der Waals surface area contributed by atoms with E-state index in [9.17, 15) is 19.8 Å². The Labute approximate surface area is 180 Å². The monoisotopic (exact) mass is 416 g/mol. The molecule has 1 saturated carbocycles. The average molecular weight is 417 g/mol. The predicted octanol–water partition coefficient (Wildman–Crippen LogP) is 4.21. The van der Waals surface area contributed by atoms with Gasteiger partial charge in [0.2, 0.25) is 0 Å². The largest absolute Gasteiger partial charge is 0.469 e. The SMILES string of the molecule is COC(=O)CCC/C=C/CC1C(=O)CC(O)C1/C=C/CC(C)(O)/C=C/C1=CCCC1. The maximum absolute atomic E-state index is 12.3. The molecule has 5 nitrogen and oxygen atoms in total. The molecule has 2 aliphatic carbocycles. The van der Waals surface area contributed by atoms with Crippen molar-refractivity contribution in [2.24, 2.45) is 11.8 Å². The second-order valence-electron chi connectivity index (χ2n) is 8.59. The second kappa shape index (κ2) is 12.0. The highest BCUT2D eigenvalue weighted by Gasteiger charge is 2.39. The molecule has 30 heavy (non-hydrogen) atoms. The zero-order valence-corrected chi connectivity index (χ0v) is 18.3. The zero-order valence-electron chi connectivity index (χ0n) is 18.3. The Balaban J connectivity index is 1.84. The standard InChI is InChI=1S/C25H36O5/c1-25(29,17-15-19-10-7-8-11-19)16-9-13-21-20(22(26)18-23(21)27)12-5-3-4-6-14-24(28)30-2/h3,5,9-10,13,15,17,20-21,23,27,29H,4,6-8,11-12,14,16,18H2,1-2H3/b5-3+,13-9+,17-15+. The molecule has 2 N–H and O–H groups in total. The lowest BCUT2D eigenvalue weighted by atomic mass is 9.89. The first-order chi connectivity index (χ1) is 14.3. The summed E-state index contributed by atoms with van der Waals surface area (Å²) in [5, 5.41) is 20.9. The molecule has 0 amide bonds. The molecule has 2 rings (SSSR count). The fourth-order valence-corrected chi connectivity index (χ4v) is 4.02. The molecule has 1 fully saturated rings. The third-order valence-corrected chi connectivity index (χ3v) is 5.89. The van der Waals surface area contributed by atoms with Gasteiger partial charge < -0.3 is 14.9 Å². The summed E-state index contributed by atoms with van der Waals surface area (Å²) in [4.78, 5) is 23.4. The Morgan fingerprint density at radius 2 is 2.13 bits per heavy atom. The van der Waals surface area contributed by atoms with Gasteiger partial charge in [-0.2, -0.15) is 0 Å². The van der Waals surface area contributed by atoms with Gasteiger partial charge in [0.15, 0.2) is 0 Å². The first kappa shape index (κ1) is 24.3. The van der Waals surface area contributed by atoms with Crippen LogP contribution in [-0.4, -0.2) is 40.8 Å². The van der Waals surface area contributed by atoms with E-state index in [1.54, 1.807) is 6.92 Å². The van der Waals surface area contributed by atoms with Gasteiger partial charge in [-0.05, 0) is 51.9 Å². The van der Waals surface area contributed by atoms with E-state index in [0.717, 1.165) is 19.3 Å². The van der Waals surface area contributed by atoms with Crippen molar-refractivity contribution in [3.8, 4) is 0 Å². The van der Waals surface area contributed by atoms with Gasteiger partial charge in [-0.3, -0.25) is 9.59 Å². The van der Waals surface area contributed by atoms with E-state index in [4.69, 9.17) is 0 Å². The first-order valence-electron chi connectivity index (χ1n) is 11.0. The summed E-state index contributed by atoms with van der Waals surface area (Å²) in [5.74, 6) is -0.601. The summed E-state index contributed by atoms with van der Waals surface area (Å²) in [6.07, 6.45) is 19.5. The molecule has 0 bridgehead atoms. The molecule has 0 aromatic rings. The maximum Gasteiger partial charge on any atom is 0.305 e. The molecule has 0 saturated heterocycles. The van der Waals surface area contributed by atoms with E-state index in [0.29, 0.717) is 25.7 Å². The normalized spacial score (nSPS) is 26.7. The van der Waals surface area contributed by atoms with Crippen LogP contribution < -0.4 is 0 Å². The number of Topliss-reactive ketones (excluding diaryl/α,β-unsaturated/α-hetero) is 1. The van der Waals surface area contributed by atoms with E-state index < -0.39 is 11.7 Å². The Morgan fingerprint density at radius 3 is 2.83 bits per heavy atom. The van der Waals surface area contributed by atoms with E-state index in [-0.39, 0.29) is 30.0 Å². The number of rotatable bonds is 11. The van der Waals surface area contributed by atoms with Crippen molar-refractivity contribution in [2.45, 2.75) is 76.4 Å². The third-order valence-electron chi connectivity index (χ3n) is 5.89. The second-order valence-corrected chi connectivity index (χ2v) is 8.59. The van der Waals surface area contributed by atoms with Crippen molar-refractivity contribution in [1.29, 1.82) is 0 Å². The highest BCUT2D eigenvalue weighted by atomic mass is 16.5. The summed E-state index contributed by atoms with van der Waals surface area (Å²) >= 11 is 0. The summed E-state index contributed by atoms with van der Waals surface area (Å²) in [6.45, 7) is 1.77. The van der Waals surface area contributed by atoms with Crippen molar-refractivity contribution >= 4 is 11.8 Å². The van der Waals surface area contributed by atoms with Crippen molar-refractivity contribution in [3.63, 3.8) is 0 Å². The van der Waals surface area contributed by atoms with Crippen LogP contribution in [-0.2, 0) is 14.3 Å². The lowest BCUT2D eigenvalue weighted by Gasteiger charge is -2.19. The Bertz CT molecular complexity index is 698. The minimum atomic E-state index is -0.956. The summed E-state index contributed by atoms with van der Waals surface area (Å²) in [5.41, 5.74) is 0.317. The number of aliphatic hydroxyl groups excluding tert-OH is 1. The number of allylic oxidation sites excluding steroid dienone is 5. The predicted molar refractivity (Wildman–Crippen MR) is 118 cm³/mol. The molecule has 0 spiro atoms. The quantitative estimate of drug-likeness (QED) is 0.299. The van der Waals surface area contributed by atoms with Gasteiger partial charge in [-0.15, -0.1) is 0 Å². The molecule has 0 radical (unpaired) electrons. The van der Waals surface area contributed by atoms with Crippen LogP contribution in [0.5, 0.6) is 0 Å². The molecule has 2 aliphatic rings. The third kappa shape index (κ3) is 8.04. The van der Waals surface area contributed by atoms with E-state index >= 15 is 0 Å². The number of unbranched alkanes of at least 4 members (excludes halogenated alkanes) is 1. The summed E-state index contributed by atoms with van der Waals surface area (Å²) in [7, 11) is 1.38. The molecule has 0 aromatic carbocycles. The van der Waals surface area contributed by atoms with Gasteiger partial charge in [0.05, 0.1) is 18.8 Å². The highest BCUT2D eigenvalue weighted by Crippen LogP contribution is 2.33. The highest BCUT2D eigenvalue weighted by molar-refractivity contribution is 5.84. The average Bonchev–Trinajstić information content (AvgIpc) is 3.31. The number of hydrogen-bond acceptors (Lipinski definition) is 5. The van der Waals surface area contributed by atoms with Crippen LogP contribution in [0, 0.1) is 11.8 Å². The van der Waals surface area contributed by atoms with Gasteiger partial charge in [0.25, 0.3) is 0 Å². The number of carbonyl (C=O) groups excluding carboxylic acids is 2. The van der Waals surface area contributed by atoms with Crippen LogP contribution in [0.15, 0.2) is 48.1 Å². The molecule has 0 heterocycles. The topological polar surface area (TPSA) is 83.8 Å². The minimum absolute atomic E-state index is 0.0798. The van der Waals surface area contributed by atoms with Gasteiger partial charge >= 0.3 is 5.97 Å². The number of methoxy groups -OCH3 is 1. The summed E-state index contributed by atoms with van der Waals surface area (Å²) in [6, 6.07) is 0. The lowest BCUT2D eigenvalue weighted by Crippen LogP contribution is -2.21.